The molecule has 2 aromatic rings. The second-order valence-electron chi connectivity index (χ2n) is 4.00. The van der Waals surface area contributed by atoms with Crippen LogP contribution in [0.2, 0.25) is 5.15 Å². The van der Waals surface area contributed by atoms with Crippen molar-refractivity contribution in [3.63, 3.8) is 0 Å². The monoisotopic (exact) mass is 300 g/mol. The molecular formula is C13H8ClF3N2O. The quantitative estimate of drug-likeness (QED) is 0.627. The van der Waals surface area contributed by atoms with Crippen LogP contribution in [0, 0.1) is 6.92 Å². The van der Waals surface area contributed by atoms with Crippen molar-refractivity contribution in [2.45, 2.75) is 13.1 Å². The van der Waals surface area contributed by atoms with E-state index in [2.05, 4.69) is 9.97 Å². The lowest BCUT2D eigenvalue weighted by molar-refractivity contribution is -0.141. The highest BCUT2D eigenvalue weighted by Crippen LogP contribution is 2.30. The minimum atomic E-state index is -4.60. The predicted molar refractivity (Wildman–Crippen MR) is 66.7 cm³/mol. The number of pyridine rings is 2. The number of aryl methyl sites for hydroxylation is 1. The molecule has 0 fully saturated rings. The number of aromatic nitrogens is 2. The van der Waals surface area contributed by atoms with Crippen LogP contribution in [-0.4, -0.2) is 15.8 Å². The molecule has 0 unspecified atom stereocenters. The highest BCUT2D eigenvalue weighted by molar-refractivity contribution is 6.33. The summed E-state index contributed by atoms with van der Waals surface area (Å²) in [5.74, 6) is -0.512. The van der Waals surface area contributed by atoms with Gasteiger partial charge in [-0.25, -0.2) is 4.98 Å². The standard InChI is InChI=1S/C13H8ClF3N2O/c1-7-8(3-2-6-18-7)11(20)9-4-5-10(13(15,16)17)19-12(9)14/h2-6H,1H3. The fraction of sp³-hybridized carbons (Fsp3) is 0.154. The Balaban J connectivity index is 2.45. The van der Waals surface area contributed by atoms with Gasteiger partial charge in [0, 0.05) is 17.5 Å². The molecule has 0 saturated carbocycles. The van der Waals surface area contributed by atoms with Gasteiger partial charge in [-0.2, -0.15) is 13.2 Å². The molecule has 0 aliphatic carbocycles. The fourth-order valence-electron chi connectivity index (χ4n) is 1.63. The van der Waals surface area contributed by atoms with Crippen molar-refractivity contribution in [3.05, 3.63) is 58.1 Å². The zero-order valence-corrected chi connectivity index (χ0v) is 11.0. The van der Waals surface area contributed by atoms with Crippen LogP contribution in [0.4, 0.5) is 13.2 Å². The fourth-order valence-corrected chi connectivity index (χ4v) is 1.87. The van der Waals surface area contributed by atoms with Crippen LogP contribution in [0.15, 0.2) is 30.5 Å². The second kappa shape index (κ2) is 5.20. The molecule has 2 rings (SSSR count). The van der Waals surface area contributed by atoms with Crippen molar-refractivity contribution in [1.29, 1.82) is 0 Å². The molecule has 2 aromatic heterocycles. The van der Waals surface area contributed by atoms with E-state index in [1.54, 1.807) is 13.0 Å². The number of alkyl halides is 3. The van der Waals surface area contributed by atoms with Gasteiger partial charge in [0.2, 0.25) is 0 Å². The number of hydrogen-bond donors (Lipinski definition) is 0. The number of nitrogens with zero attached hydrogens (tertiary/aromatic N) is 2. The largest absolute Gasteiger partial charge is 0.433 e. The number of carbonyl (C=O) groups is 1. The minimum absolute atomic E-state index is 0.0873. The van der Waals surface area contributed by atoms with E-state index in [1.165, 1.54) is 12.3 Å². The normalized spacial score (nSPS) is 11.4. The van der Waals surface area contributed by atoms with Gasteiger partial charge in [-0.05, 0) is 31.2 Å². The SMILES string of the molecule is Cc1ncccc1C(=O)c1ccc(C(F)(F)F)nc1Cl. The van der Waals surface area contributed by atoms with Crippen LogP contribution in [0.1, 0.15) is 27.3 Å². The Hall–Kier alpha value is -1.95. The van der Waals surface area contributed by atoms with Crippen molar-refractivity contribution < 1.29 is 18.0 Å². The van der Waals surface area contributed by atoms with E-state index in [1.807, 2.05) is 0 Å². The maximum atomic E-state index is 12.5. The minimum Gasteiger partial charge on any atom is -0.288 e. The summed E-state index contributed by atoms with van der Waals surface area (Å²) in [6.07, 6.45) is -3.09. The van der Waals surface area contributed by atoms with E-state index >= 15 is 0 Å². The summed E-state index contributed by atoms with van der Waals surface area (Å²) >= 11 is 5.68. The molecule has 3 nitrogen and oxygen atoms in total. The molecule has 0 spiro atoms. The summed E-state index contributed by atoms with van der Waals surface area (Å²) in [6, 6.07) is 4.84. The maximum absolute atomic E-state index is 12.5. The Kier molecular flexibility index (Phi) is 3.76. The second-order valence-corrected chi connectivity index (χ2v) is 4.36. The molecule has 0 amide bonds. The Morgan fingerprint density at radius 2 is 1.90 bits per heavy atom. The maximum Gasteiger partial charge on any atom is 0.433 e. The zero-order chi connectivity index (χ0) is 14.9. The summed E-state index contributed by atoms with van der Waals surface area (Å²) in [6.45, 7) is 1.62. The molecule has 20 heavy (non-hydrogen) atoms. The first kappa shape index (κ1) is 14.5. The van der Waals surface area contributed by atoms with Crippen molar-refractivity contribution in [2.24, 2.45) is 0 Å². The smallest absolute Gasteiger partial charge is 0.288 e. The highest BCUT2D eigenvalue weighted by Gasteiger charge is 2.33. The molecule has 0 radical (unpaired) electrons. The number of hydrogen-bond acceptors (Lipinski definition) is 3. The van der Waals surface area contributed by atoms with Crippen LogP contribution in [0.3, 0.4) is 0 Å². The van der Waals surface area contributed by atoms with E-state index in [9.17, 15) is 18.0 Å². The number of carbonyl (C=O) groups excluding carboxylic acids is 1. The summed E-state index contributed by atoms with van der Waals surface area (Å²) in [4.78, 5) is 19.4. The first-order chi connectivity index (χ1) is 9.30. The molecule has 2 heterocycles. The van der Waals surface area contributed by atoms with Gasteiger partial charge in [-0.3, -0.25) is 9.78 Å². The molecule has 0 bridgehead atoms. The van der Waals surface area contributed by atoms with E-state index < -0.39 is 22.8 Å². The Morgan fingerprint density at radius 1 is 1.20 bits per heavy atom. The third kappa shape index (κ3) is 2.80. The van der Waals surface area contributed by atoms with Crippen molar-refractivity contribution in [2.75, 3.05) is 0 Å². The molecule has 0 N–H and O–H groups in total. The van der Waals surface area contributed by atoms with Crippen LogP contribution in [0.25, 0.3) is 0 Å². The summed E-state index contributed by atoms with van der Waals surface area (Å²) in [5, 5.41) is -0.479. The van der Waals surface area contributed by atoms with Crippen LogP contribution in [0.5, 0.6) is 0 Å². The van der Waals surface area contributed by atoms with E-state index in [4.69, 9.17) is 11.6 Å². The van der Waals surface area contributed by atoms with Gasteiger partial charge in [0.15, 0.2) is 5.78 Å². The summed E-state index contributed by atoms with van der Waals surface area (Å²) in [7, 11) is 0. The van der Waals surface area contributed by atoms with Crippen molar-refractivity contribution in [3.8, 4) is 0 Å². The molecule has 104 valence electrons. The van der Waals surface area contributed by atoms with E-state index in [-0.39, 0.29) is 11.1 Å². The third-order valence-electron chi connectivity index (χ3n) is 2.64. The number of halogens is 4. The number of rotatable bonds is 2. The molecule has 0 saturated heterocycles. The summed E-state index contributed by atoms with van der Waals surface area (Å²) in [5.41, 5.74) is -0.484. The van der Waals surface area contributed by atoms with Gasteiger partial charge in [0.25, 0.3) is 0 Å². The zero-order valence-electron chi connectivity index (χ0n) is 10.2. The average molecular weight is 301 g/mol. The Bertz CT molecular complexity index is 671. The van der Waals surface area contributed by atoms with Crippen molar-refractivity contribution >= 4 is 17.4 Å². The van der Waals surface area contributed by atoms with Gasteiger partial charge in [-0.15, -0.1) is 0 Å². The van der Waals surface area contributed by atoms with E-state index in [0.717, 1.165) is 12.1 Å². The van der Waals surface area contributed by atoms with Crippen LogP contribution < -0.4 is 0 Å². The van der Waals surface area contributed by atoms with Gasteiger partial charge in [-0.1, -0.05) is 11.6 Å². The molecular weight excluding hydrogens is 293 g/mol. The number of ketones is 1. The Morgan fingerprint density at radius 3 is 2.45 bits per heavy atom. The first-order valence-corrected chi connectivity index (χ1v) is 5.88. The molecule has 0 aromatic carbocycles. The third-order valence-corrected chi connectivity index (χ3v) is 2.92. The van der Waals surface area contributed by atoms with Crippen LogP contribution in [-0.2, 0) is 6.18 Å². The van der Waals surface area contributed by atoms with Gasteiger partial charge in [0.05, 0.1) is 5.56 Å². The van der Waals surface area contributed by atoms with Crippen LogP contribution >= 0.6 is 11.6 Å². The van der Waals surface area contributed by atoms with Gasteiger partial charge in [0.1, 0.15) is 10.8 Å². The first-order valence-electron chi connectivity index (χ1n) is 5.51. The lowest BCUT2D eigenvalue weighted by atomic mass is 10.0. The molecule has 0 aliphatic rings. The summed E-state index contributed by atoms with van der Waals surface area (Å²) < 4.78 is 37.4. The topological polar surface area (TPSA) is 42.9 Å². The molecule has 0 atom stereocenters. The Labute approximate surface area is 117 Å². The predicted octanol–water partition coefficient (Wildman–Crippen LogP) is 3.69. The molecule has 0 aliphatic heterocycles. The van der Waals surface area contributed by atoms with Gasteiger partial charge < -0.3 is 0 Å². The lowest BCUT2D eigenvalue weighted by Gasteiger charge is -2.09. The average Bonchev–Trinajstić information content (AvgIpc) is 2.37. The van der Waals surface area contributed by atoms with Gasteiger partial charge >= 0.3 is 6.18 Å². The lowest BCUT2D eigenvalue weighted by Crippen LogP contribution is -2.11. The molecule has 7 heteroatoms. The van der Waals surface area contributed by atoms with Crippen molar-refractivity contribution in [1.82, 2.24) is 9.97 Å². The highest BCUT2D eigenvalue weighted by atomic mass is 35.5. The van der Waals surface area contributed by atoms with E-state index in [0.29, 0.717) is 5.69 Å².